The molecule has 0 aromatic carbocycles. The molecule has 0 radical (unpaired) electrons. The van der Waals surface area contributed by atoms with Gasteiger partial charge in [-0.25, -0.2) is 9.98 Å². The number of halogens is 1. The van der Waals surface area contributed by atoms with Crippen LogP contribution < -0.4 is 10.6 Å². The van der Waals surface area contributed by atoms with Crippen molar-refractivity contribution < 1.29 is 4.42 Å². The molecule has 2 N–H and O–H groups in total. The SMILES string of the molecule is CCNC(=NCc1c(C)nn(C)c1C)NCc1ncc(C(C)(C)C)o1.I. The van der Waals surface area contributed by atoms with Crippen LogP contribution in [-0.2, 0) is 25.6 Å². The van der Waals surface area contributed by atoms with Crippen LogP contribution in [0.25, 0.3) is 0 Å². The fourth-order valence-corrected chi connectivity index (χ4v) is 2.44. The number of nitrogens with zero attached hydrogens (tertiary/aromatic N) is 4. The number of guanidine groups is 1. The van der Waals surface area contributed by atoms with Crippen molar-refractivity contribution in [3.63, 3.8) is 0 Å². The Morgan fingerprint density at radius 3 is 2.46 bits per heavy atom. The quantitative estimate of drug-likeness (QED) is 0.395. The Hall–Kier alpha value is -1.58. The first-order valence-electron chi connectivity index (χ1n) is 8.68. The molecule has 0 fully saturated rings. The Kier molecular flexibility index (Phi) is 8.11. The van der Waals surface area contributed by atoms with E-state index in [1.807, 2.05) is 25.6 Å². The largest absolute Gasteiger partial charge is 0.443 e. The smallest absolute Gasteiger partial charge is 0.213 e. The first kappa shape index (κ1) is 22.5. The summed E-state index contributed by atoms with van der Waals surface area (Å²) in [4.78, 5) is 9.00. The lowest BCUT2D eigenvalue weighted by Gasteiger charge is -2.13. The fraction of sp³-hybridized carbons (Fsp3) is 0.611. The third-order valence-electron chi connectivity index (χ3n) is 4.10. The highest BCUT2D eigenvalue weighted by molar-refractivity contribution is 14.0. The Labute approximate surface area is 173 Å². The normalized spacial score (nSPS) is 12.0. The number of rotatable bonds is 5. The maximum absolute atomic E-state index is 5.81. The molecule has 0 aliphatic carbocycles. The summed E-state index contributed by atoms with van der Waals surface area (Å²) in [5.74, 6) is 2.28. The van der Waals surface area contributed by atoms with Crippen molar-refractivity contribution in [2.24, 2.45) is 12.0 Å². The monoisotopic (exact) mass is 474 g/mol. The first-order valence-corrected chi connectivity index (χ1v) is 8.68. The maximum Gasteiger partial charge on any atom is 0.213 e. The minimum Gasteiger partial charge on any atom is -0.443 e. The van der Waals surface area contributed by atoms with Gasteiger partial charge >= 0.3 is 0 Å². The Balaban J connectivity index is 0.00000338. The number of aryl methyl sites for hydroxylation is 2. The summed E-state index contributed by atoms with van der Waals surface area (Å²) >= 11 is 0. The second-order valence-corrected chi connectivity index (χ2v) is 7.19. The van der Waals surface area contributed by atoms with E-state index in [1.165, 1.54) is 0 Å². The van der Waals surface area contributed by atoms with Gasteiger partial charge in [0.25, 0.3) is 0 Å². The summed E-state index contributed by atoms with van der Waals surface area (Å²) in [6.45, 7) is 14.3. The average Bonchev–Trinajstić information content (AvgIpc) is 3.09. The van der Waals surface area contributed by atoms with E-state index in [9.17, 15) is 0 Å². The van der Waals surface area contributed by atoms with Gasteiger partial charge in [0.2, 0.25) is 5.89 Å². The number of hydrogen-bond donors (Lipinski definition) is 2. The zero-order valence-electron chi connectivity index (χ0n) is 16.8. The first-order chi connectivity index (χ1) is 11.7. The molecule has 0 aliphatic rings. The number of hydrogen-bond acceptors (Lipinski definition) is 4. The zero-order chi connectivity index (χ0) is 18.6. The summed E-state index contributed by atoms with van der Waals surface area (Å²) in [6, 6.07) is 0. The maximum atomic E-state index is 5.81. The topological polar surface area (TPSA) is 80.3 Å². The predicted octanol–water partition coefficient (Wildman–Crippen LogP) is 3.20. The van der Waals surface area contributed by atoms with Gasteiger partial charge in [0.05, 0.1) is 25.0 Å². The molecule has 0 unspecified atom stereocenters. The van der Waals surface area contributed by atoms with Crippen LogP contribution in [0.4, 0.5) is 0 Å². The van der Waals surface area contributed by atoms with Crippen molar-refractivity contribution in [1.82, 2.24) is 25.4 Å². The van der Waals surface area contributed by atoms with Crippen molar-refractivity contribution in [2.75, 3.05) is 6.54 Å². The van der Waals surface area contributed by atoms with E-state index >= 15 is 0 Å². The van der Waals surface area contributed by atoms with E-state index in [-0.39, 0.29) is 29.4 Å². The highest BCUT2D eigenvalue weighted by atomic mass is 127. The molecule has 0 bridgehead atoms. The molecule has 2 aromatic rings. The molecular formula is C18H31IN6O. The van der Waals surface area contributed by atoms with Crippen LogP contribution >= 0.6 is 24.0 Å². The van der Waals surface area contributed by atoms with Gasteiger partial charge in [-0.3, -0.25) is 4.68 Å². The third-order valence-corrected chi connectivity index (χ3v) is 4.10. The third kappa shape index (κ3) is 5.72. The van der Waals surface area contributed by atoms with E-state index in [1.54, 1.807) is 6.20 Å². The Bertz CT molecular complexity index is 741. The Morgan fingerprint density at radius 1 is 1.27 bits per heavy atom. The van der Waals surface area contributed by atoms with Gasteiger partial charge in [0.15, 0.2) is 5.96 Å². The molecule has 0 saturated carbocycles. The minimum absolute atomic E-state index is 0. The van der Waals surface area contributed by atoms with Gasteiger partial charge in [-0.15, -0.1) is 24.0 Å². The van der Waals surface area contributed by atoms with Gasteiger partial charge in [0.1, 0.15) is 5.76 Å². The summed E-state index contributed by atoms with van der Waals surface area (Å²) in [5.41, 5.74) is 3.27. The standard InChI is InChI=1S/C18H30N6O.HI/c1-8-19-17(21-9-14-12(2)23-24(7)13(14)3)22-11-16-20-10-15(25-16)18(4,5)6;/h10H,8-9,11H2,1-7H3,(H2,19,21,22);1H. The van der Waals surface area contributed by atoms with Crippen molar-refractivity contribution in [3.8, 4) is 0 Å². The molecule has 7 nitrogen and oxygen atoms in total. The number of oxazole rings is 1. The minimum atomic E-state index is -0.0425. The lowest BCUT2D eigenvalue weighted by atomic mass is 9.94. The molecule has 0 atom stereocenters. The molecule has 0 aliphatic heterocycles. The summed E-state index contributed by atoms with van der Waals surface area (Å²) in [6.07, 6.45) is 1.80. The van der Waals surface area contributed by atoms with Crippen LogP contribution in [0.1, 0.15) is 56.3 Å². The van der Waals surface area contributed by atoms with Crippen LogP contribution in [-0.4, -0.2) is 27.3 Å². The summed E-state index contributed by atoms with van der Waals surface area (Å²) in [7, 11) is 1.95. The fourth-order valence-electron chi connectivity index (χ4n) is 2.44. The van der Waals surface area contributed by atoms with E-state index in [4.69, 9.17) is 4.42 Å². The molecule has 26 heavy (non-hydrogen) atoms. The van der Waals surface area contributed by atoms with Crippen molar-refractivity contribution >= 4 is 29.9 Å². The van der Waals surface area contributed by atoms with Crippen molar-refractivity contribution in [2.45, 2.75) is 60.0 Å². The van der Waals surface area contributed by atoms with Crippen LogP contribution in [0.5, 0.6) is 0 Å². The van der Waals surface area contributed by atoms with Gasteiger partial charge in [-0.1, -0.05) is 20.8 Å². The van der Waals surface area contributed by atoms with Crippen LogP contribution in [0, 0.1) is 13.8 Å². The van der Waals surface area contributed by atoms with Crippen molar-refractivity contribution in [1.29, 1.82) is 0 Å². The lowest BCUT2D eigenvalue weighted by molar-refractivity contribution is 0.379. The number of aliphatic imine (C=N–C) groups is 1. The summed E-state index contributed by atoms with van der Waals surface area (Å²) in [5, 5.41) is 11.0. The average molecular weight is 474 g/mol. The highest BCUT2D eigenvalue weighted by Crippen LogP contribution is 2.22. The van der Waals surface area contributed by atoms with Crippen LogP contribution in [0.2, 0.25) is 0 Å². The molecule has 2 aromatic heterocycles. The molecule has 8 heteroatoms. The molecule has 0 amide bonds. The van der Waals surface area contributed by atoms with E-state index in [0.717, 1.165) is 35.2 Å². The second kappa shape index (κ2) is 9.38. The molecule has 2 heterocycles. The van der Waals surface area contributed by atoms with Crippen LogP contribution in [0.15, 0.2) is 15.6 Å². The van der Waals surface area contributed by atoms with Crippen molar-refractivity contribution in [3.05, 3.63) is 34.8 Å². The van der Waals surface area contributed by atoms with E-state index in [2.05, 4.69) is 53.4 Å². The van der Waals surface area contributed by atoms with Gasteiger partial charge in [-0.05, 0) is 20.8 Å². The van der Waals surface area contributed by atoms with Gasteiger partial charge < -0.3 is 15.1 Å². The molecule has 2 rings (SSSR count). The van der Waals surface area contributed by atoms with E-state index < -0.39 is 0 Å². The summed E-state index contributed by atoms with van der Waals surface area (Å²) < 4.78 is 7.70. The molecular weight excluding hydrogens is 443 g/mol. The highest BCUT2D eigenvalue weighted by Gasteiger charge is 2.19. The Morgan fingerprint density at radius 2 is 1.96 bits per heavy atom. The van der Waals surface area contributed by atoms with Gasteiger partial charge in [-0.2, -0.15) is 5.10 Å². The second-order valence-electron chi connectivity index (χ2n) is 7.19. The van der Waals surface area contributed by atoms with Gasteiger partial charge in [0, 0.05) is 30.3 Å². The number of nitrogens with one attached hydrogen (secondary N) is 2. The molecule has 146 valence electrons. The molecule has 0 spiro atoms. The number of aromatic nitrogens is 3. The zero-order valence-corrected chi connectivity index (χ0v) is 19.1. The predicted molar refractivity (Wildman–Crippen MR) is 115 cm³/mol. The van der Waals surface area contributed by atoms with Crippen LogP contribution in [0.3, 0.4) is 0 Å². The molecule has 0 saturated heterocycles. The lowest BCUT2D eigenvalue weighted by Crippen LogP contribution is -2.36. The van der Waals surface area contributed by atoms with E-state index in [0.29, 0.717) is 19.0 Å².